The molecule has 1 saturated heterocycles. The third kappa shape index (κ3) is 3.13. The number of hydrogen-bond acceptors (Lipinski definition) is 2. The summed E-state index contributed by atoms with van der Waals surface area (Å²) in [5.41, 5.74) is 18.6. The summed E-state index contributed by atoms with van der Waals surface area (Å²) in [7, 11) is 0. The van der Waals surface area contributed by atoms with Crippen LogP contribution in [-0.2, 0) is 0 Å². The lowest BCUT2D eigenvalue weighted by atomic mass is 10.3. The van der Waals surface area contributed by atoms with Crippen LogP contribution in [0.4, 0.5) is 11.4 Å². The first-order valence-corrected chi connectivity index (χ1v) is 5.94. The van der Waals surface area contributed by atoms with Gasteiger partial charge in [0.25, 0.3) is 0 Å². The Morgan fingerprint density at radius 2 is 1.67 bits per heavy atom. The molecule has 0 radical (unpaired) electrons. The first kappa shape index (κ1) is 12.2. The van der Waals surface area contributed by atoms with Crippen molar-refractivity contribution in [2.75, 3.05) is 18.8 Å². The highest BCUT2D eigenvalue weighted by atomic mass is 15.3. The minimum absolute atomic E-state index is 0.157. The average Bonchev–Trinajstić information content (AvgIpc) is 2.85. The van der Waals surface area contributed by atoms with Gasteiger partial charge < -0.3 is 22.1 Å². The largest absolute Gasteiger partial charge is 0.399 e. The maximum Gasteiger partial charge on any atom is 0.223 e. The number of likely N-dealkylation sites (tertiary alicyclic amines) is 1. The Hall–Kier alpha value is -2.24. The molecule has 6 N–H and O–H groups in total. The quantitative estimate of drug-likeness (QED) is 0.384. The lowest BCUT2D eigenvalue weighted by Crippen LogP contribution is -2.36. The van der Waals surface area contributed by atoms with Gasteiger partial charge in [-0.15, -0.1) is 0 Å². The lowest BCUT2D eigenvalue weighted by molar-refractivity contribution is 0.514. The molecule has 96 valence electrons. The van der Waals surface area contributed by atoms with Crippen LogP contribution >= 0.6 is 0 Å². The molecule has 2 rings (SSSR count). The van der Waals surface area contributed by atoms with E-state index in [9.17, 15) is 0 Å². The fourth-order valence-corrected chi connectivity index (χ4v) is 1.84. The number of nitrogens with two attached hydrogens (primary N) is 3. The second-order valence-corrected chi connectivity index (χ2v) is 4.23. The van der Waals surface area contributed by atoms with Crippen molar-refractivity contribution in [1.82, 2.24) is 4.90 Å². The summed E-state index contributed by atoms with van der Waals surface area (Å²) in [5, 5.41) is 0. The van der Waals surface area contributed by atoms with Crippen LogP contribution in [0.3, 0.4) is 0 Å². The van der Waals surface area contributed by atoms with E-state index in [0.717, 1.165) is 25.9 Å². The summed E-state index contributed by atoms with van der Waals surface area (Å²) in [6.45, 7) is 1.87. The number of guanidine groups is 2. The standard InChI is InChI=1S/C12H18N6/c13-9-3-5-10(6-4-9)16-11(14)17-12(15)18-7-1-2-8-18/h3-6H,1-2,7-8,13H2,(H4,14,15,16,17). The Bertz CT molecular complexity index is 456. The third-order valence-electron chi connectivity index (χ3n) is 2.80. The Balaban J connectivity index is 2.08. The van der Waals surface area contributed by atoms with Crippen molar-refractivity contribution in [3.8, 4) is 0 Å². The molecule has 0 aliphatic carbocycles. The Kier molecular flexibility index (Phi) is 3.66. The van der Waals surface area contributed by atoms with E-state index < -0.39 is 0 Å². The number of rotatable bonds is 1. The zero-order chi connectivity index (χ0) is 13.0. The molecule has 6 heteroatoms. The molecular formula is C12H18N6. The van der Waals surface area contributed by atoms with Crippen LogP contribution in [0.1, 0.15) is 12.8 Å². The Morgan fingerprint density at radius 3 is 2.28 bits per heavy atom. The van der Waals surface area contributed by atoms with E-state index in [1.807, 2.05) is 4.90 Å². The van der Waals surface area contributed by atoms with E-state index in [4.69, 9.17) is 17.2 Å². The van der Waals surface area contributed by atoms with E-state index in [0.29, 0.717) is 17.3 Å². The van der Waals surface area contributed by atoms with Crippen molar-refractivity contribution >= 4 is 23.3 Å². The molecule has 1 aliphatic heterocycles. The van der Waals surface area contributed by atoms with Crippen molar-refractivity contribution in [3.05, 3.63) is 24.3 Å². The molecule has 0 amide bonds. The van der Waals surface area contributed by atoms with Gasteiger partial charge >= 0.3 is 0 Å². The van der Waals surface area contributed by atoms with Gasteiger partial charge in [0, 0.05) is 18.8 Å². The smallest absolute Gasteiger partial charge is 0.223 e. The number of aliphatic imine (C=N–C) groups is 2. The number of nitrogen functional groups attached to an aromatic ring is 1. The topological polar surface area (TPSA) is 106 Å². The highest BCUT2D eigenvalue weighted by Crippen LogP contribution is 2.14. The van der Waals surface area contributed by atoms with Crippen molar-refractivity contribution in [2.24, 2.45) is 21.5 Å². The molecule has 6 nitrogen and oxygen atoms in total. The summed E-state index contributed by atoms with van der Waals surface area (Å²) in [6.07, 6.45) is 2.29. The molecule has 0 atom stereocenters. The van der Waals surface area contributed by atoms with Gasteiger partial charge in [0.05, 0.1) is 5.69 Å². The second kappa shape index (κ2) is 5.39. The number of nitrogens with zero attached hydrogens (tertiary/aromatic N) is 3. The van der Waals surface area contributed by atoms with Crippen LogP contribution in [0, 0.1) is 0 Å². The molecule has 0 aromatic heterocycles. The molecule has 1 aromatic rings. The van der Waals surface area contributed by atoms with E-state index in [2.05, 4.69) is 9.98 Å². The van der Waals surface area contributed by atoms with Gasteiger partial charge in [-0.3, -0.25) is 0 Å². The van der Waals surface area contributed by atoms with Gasteiger partial charge in [0.1, 0.15) is 0 Å². The highest BCUT2D eigenvalue weighted by molar-refractivity contribution is 5.94. The monoisotopic (exact) mass is 246 g/mol. The summed E-state index contributed by atoms with van der Waals surface area (Å²) in [6, 6.07) is 7.09. The molecule has 1 aromatic carbocycles. The minimum Gasteiger partial charge on any atom is -0.399 e. The van der Waals surface area contributed by atoms with Crippen LogP contribution in [0.5, 0.6) is 0 Å². The fourth-order valence-electron chi connectivity index (χ4n) is 1.84. The molecule has 1 aliphatic rings. The zero-order valence-electron chi connectivity index (χ0n) is 10.2. The molecule has 0 bridgehead atoms. The van der Waals surface area contributed by atoms with Crippen molar-refractivity contribution in [2.45, 2.75) is 12.8 Å². The summed E-state index contributed by atoms with van der Waals surface area (Å²) >= 11 is 0. The Labute approximate surface area is 106 Å². The van der Waals surface area contributed by atoms with Crippen molar-refractivity contribution in [1.29, 1.82) is 0 Å². The highest BCUT2D eigenvalue weighted by Gasteiger charge is 2.13. The number of benzene rings is 1. The van der Waals surface area contributed by atoms with Gasteiger partial charge in [-0.2, -0.15) is 4.99 Å². The fraction of sp³-hybridized carbons (Fsp3) is 0.333. The molecule has 0 saturated carbocycles. The third-order valence-corrected chi connectivity index (χ3v) is 2.80. The first-order chi connectivity index (χ1) is 8.65. The molecule has 0 unspecified atom stereocenters. The van der Waals surface area contributed by atoms with Crippen molar-refractivity contribution in [3.63, 3.8) is 0 Å². The molecule has 1 heterocycles. The van der Waals surface area contributed by atoms with E-state index in [-0.39, 0.29) is 5.96 Å². The van der Waals surface area contributed by atoms with Crippen LogP contribution in [0.25, 0.3) is 0 Å². The predicted molar refractivity (Wildman–Crippen MR) is 74.6 cm³/mol. The summed E-state index contributed by atoms with van der Waals surface area (Å²) in [4.78, 5) is 10.3. The maximum absolute atomic E-state index is 5.85. The second-order valence-electron chi connectivity index (χ2n) is 4.23. The van der Waals surface area contributed by atoms with E-state index in [1.165, 1.54) is 0 Å². The zero-order valence-corrected chi connectivity index (χ0v) is 10.2. The average molecular weight is 246 g/mol. The van der Waals surface area contributed by atoms with Gasteiger partial charge in [-0.05, 0) is 37.1 Å². The molecule has 18 heavy (non-hydrogen) atoms. The molecule has 0 spiro atoms. The van der Waals surface area contributed by atoms with Crippen molar-refractivity contribution < 1.29 is 0 Å². The Morgan fingerprint density at radius 1 is 1.06 bits per heavy atom. The summed E-state index contributed by atoms with van der Waals surface area (Å²) < 4.78 is 0. The van der Waals surface area contributed by atoms with Gasteiger partial charge in [-0.1, -0.05) is 0 Å². The maximum atomic E-state index is 5.85. The first-order valence-electron chi connectivity index (χ1n) is 5.94. The minimum atomic E-state index is 0.157. The normalized spacial score (nSPS) is 17.2. The predicted octanol–water partition coefficient (Wildman–Crippen LogP) is 0.625. The lowest BCUT2D eigenvalue weighted by Gasteiger charge is -2.15. The number of anilines is 1. The number of hydrogen-bond donors (Lipinski definition) is 3. The van der Waals surface area contributed by atoms with Crippen LogP contribution < -0.4 is 17.2 Å². The van der Waals surface area contributed by atoms with E-state index in [1.54, 1.807) is 24.3 Å². The van der Waals surface area contributed by atoms with Crippen LogP contribution in [-0.4, -0.2) is 29.9 Å². The molecular weight excluding hydrogens is 228 g/mol. The van der Waals surface area contributed by atoms with E-state index >= 15 is 0 Å². The summed E-state index contributed by atoms with van der Waals surface area (Å²) in [5.74, 6) is 0.591. The van der Waals surface area contributed by atoms with Crippen LogP contribution in [0.15, 0.2) is 34.3 Å². The van der Waals surface area contributed by atoms with Gasteiger partial charge in [0.15, 0.2) is 5.96 Å². The SMILES string of the molecule is NC(=Nc1ccc(N)cc1)N=C(N)N1CCCC1. The van der Waals surface area contributed by atoms with Gasteiger partial charge in [-0.25, -0.2) is 4.99 Å². The van der Waals surface area contributed by atoms with Gasteiger partial charge in [0.2, 0.25) is 5.96 Å². The van der Waals surface area contributed by atoms with Crippen LogP contribution in [0.2, 0.25) is 0 Å². The molecule has 1 fully saturated rings.